The second-order valence-electron chi connectivity index (χ2n) is 0. The van der Waals surface area contributed by atoms with Crippen LogP contribution in [0.4, 0.5) is 0 Å². The molecule has 0 fully saturated rings. The third kappa shape index (κ3) is 8.84. The average Bonchev–Trinajstić information content (AvgIpc) is 0. The fourth-order valence-electron chi connectivity index (χ4n) is 0. The van der Waals surface area contributed by atoms with Crippen molar-refractivity contribution in [3.8, 4) is 0 Å². The Morgan fingerprint density at radius 2 is 0.250 bits per heavy atom. The van der Waals surface area contributed by atoms with E-state index in [4.69, 9.17) is 0 Å². The molecule has 0 spiro atoms. The van der Waals surface area contributed by atoms with E-state index in [1.54, 1.807) is 0 Å². The van der Waals surface area contributed by atoms with Crippen molar-refractivity contribution in [2.45, 2.75) is 0 Å². The smallest absolute Gasteiger partial charge is 0 e. The van der Waals surface area contributed by atoms with E-state index in [9.17, 15) is 0 Å². The van der Waals surface area contributed by atoms with Crippen molar-refractivity contribution in [3.05, 3.63) is 0 Å². The average molecular weight is 204 g/mol. The molecule has 0 N–H and O–H groups in total. The second kappa shape index (κ2) is 18.4. The van der Waals surface area contributed by atoms with Crippen LogP contribution >= 0.6 is 0 Å². The van der Waals surface area contributed by atoms with Crippen LogP contribution in [0.5, 0.6) is 0 Å². The minimum Gasteiger partial charge on any atom is 0 e. The zero-order valence-corrected chi connectivity index (χ0v) is 7.38. The molecule has 0 aliphatic rings. The van der Waals surface area contributed by atoms with E-state index in [1.807, 2.05) is 0 Å². The van der Waals surface area contributed by atoms with Crippen molar-refractivity contribution in [1.29, 1.82) is 0 Å². The van der Waals surface area contributed by atoms with E-state index in [0.29, 0.717) is 0 Å². The summed E-state index contributed by atoms with van der Waals surface area (Å²) in [6.07, 6.45) is 0. The van der Waals surface area contributed by atoms with Gasteiger partial charge in [-0.25, -0.2) is 0 Å². The van der Waals surface area contributed by atoms with Crippen LogP contribution in [-0.4, -0.2) is 0 Å². The SMILES string of the molecule is [V].[V].[V].[V]. The van der Waals surface area contributed by atoms with E-state index in [2.05, 4.69) is 0 Å². The summed E-state index contributed by atoms with van der Waals surface area (Å²) in [7, 11) is 0. The van der Waals surface area contributed by atoms with Crippen molar-refractivity contribution in [2.75, 3.05) is 0 Å². The van der Waals surface area contributed by atoms with E-state index in [1.165, 1.54) is 0 Å². The first-order chi connectivity index (χ1) is 0. The second-order valence-corrected chi connectivity index (χ2v) is 0. The first-order valence-electron chi connectivity index (χ1n) is 0. The van der Waals surface area contributed by atoms with E-state index in [0.717, 1.165) is 0 Å². The van der Waals surface area contributed by atoms with Gasteiger partial charge in [-0.1, -0.05) is 0 Å². The maximum absolute atomic E-state index is 0. The Labute approximate surface area is 73.4 Å². The Morgan fingerprint density at radius 3 is 0.250 bits per heavy atom. The molecule has 20 valence electrons. The van der Waals surface area contributed by atoms with Gasteiger partial charge in [-0.2, -0.15) is 0 Å². The summed E-state index contributed by atoms with van der Waals surface area (Å²) in [5.41, 5.74) is 0. The summed E-state index contributed by atoms with van der Waals surface area (Å²) in [4.78, 5) is 0. The molecule has 0 saturated heterocycles. The largest absolute Gasteiger partial charge is 0 e. The van der Waals surface area contributed by atoms with E-state index >= 15 is 0 Å². The molecule has 0 aliphatic heterocycles. The Morgan fingerprint density at radius 1 is 0.250 bits per heavy atom. The van der Waals surface area contributed by atoms with Gasteiger partial charge >= 0.3 is 0 Å². The molecule has 0 aromatic carbocycles. The molecule has 0 unspecified atom stereocenters. The summed E-state index contributed by atoms with van der Waals surface area (Å²) in [5, 5.41) is 0. The zero-order valence-electron chi connectivity index (χ0n) is 1.79. The molecule has 0 atom stereocenters. The van der Waals surface area contributed by atoms with Gasteiger partial charge in [0.1, 0.15) is 0 Å². The van der Waals surface area contributed by atoms with Crippen LogP contribution in [0.25, 0.3) is 0 Å². The van der Waals surface area contributed by atoms with Gasteiger partial charge in [-0.05, 0) is 0 Å². The normalized spacial score (nSPS) is 0. The number of hydrogen-bond donors (Lipinski definition) is 0. The van der Waals surface area contributed by atoms with Crippen molar-refractivity contribution < 1.29 is 74.2 Å². The fourth-order valence-corrected chi connectivity index (χ4v) is 0. The van der Waals surface area contributed by atoms with Crippen molar-refractivity contribution in [2.24, 2.45) is 0 Å². The quantitative estimate of drug-likeness (QED) is 0.520. The van der Waals surface area contributed by atoms with Crippen LogP contribution in [0.2, 0.25) is 0 Å². The first kappa shape index (κ1) is 33.0. The molecule has 0 rings (SSSR count). The maximum Gasteiger partial charge on any atom is 0 e. The number of rotatable bonds is 0. The molecule has 0 aliphatic carbocycles. The summed E-state index contributed by atoms with van der Waals surface area (Å²) >= 11 is 0. The Bertz CT molecular complexity index is 0. The molecule has 0 aromatic rings. The summed E-state index contributed by atoms with van der Waals surface area (Å²) in [5.74, 6) is 0. The molecular formula is V4. The van der Waals surface area contributed by atoms with Crippen LogP contribution in [0, 0.1) is 0 Å². The molecule has 0 nitrogen and oxygen atoms in total. The molecule has 0 amide bonds. The van der Waals surface area contributed by atoms with Gasteiger partial charge in [0, 0.05) is 74.2 Å². The van der Waals surface area contributed by atoms with Crippen molar-refractivity contribution in [3.63, 3.8) is 0 Å². The van der Waals surface area contributed by atoms with Crippen LogP contribution in [0.3, 0.4) is 0 Å². The van der Waals surface area contributed by atoms with Gasteiger partial charge in [0.25, 0.3) is 0 Å². The topological polar surface area (TPSA) is 0 Å². The summed E-state index contributed by atoms with van der Waals surface area (Å²) in [6.45, 7) is 0. The van der Waals surface area contributed by atoms with Gasteiger partial charge in [-0.15, -0.1) is 0 Å². The molecule has 0 saturated carbocycles. The Balaban J connectivity index is 0. The van der Waals surface area contributed by atoms with Crippen LogP contribution in [-0.2, 0) is 74.2 Å². The molecule has 0 aromatic heterocycles. The fraction of sp³-hybridized carbons (Fsp3) is 0. The van der Waals surface area contributed by atoms with Gasteiger partial charge in [0.15, 0.2) is 0 Å². The van der Waals surface area contributed by atoms with Crippen LogP contribution < -0.4 is 0 Å². The first-order valence-corrected chi connectivity index (χ1v) is 0. The van der Waals surface area contributed by atoms with Crippen molar-refractivity contribution in [1.82, 2.24) is 0 Å². The third-order valence-electron chi connectivity index (χ3n) is 0. The van der Waals surface area contributed by atoms with Crippen LogP contribution in [0.1, 0.15) is 0 Å². The monoisotopic (exact) mass is 204 g/mol. The van der Waals surface area contributed by atoms with Crippen molar-refractivity contribution >= 4 is 0 Å². The summed E-state index contributed by atoms with van der Waals surface area (Å²) in [6, 6.07) is 0. The van der Waals surface area contributed by atoms with E-state index in [-0.39, 0.29) is 74.2 Å². The maximum atomic E-state index is 0. The van der Waals surface area contributed by atoms with Gasteiger partial charge in [0.05, 0.1) is 0 Å². The predicted molar refractivity (Wildman–Crippen MR) is 0 cm³/mol. The van der Waals surface area contributed by atoms with Gasteiger partial charge in [0.2, 0.25) is 0 Å². The third-order valence-corrected chi connectivity index (χ3v) is 0. The zero-order chi connectivity index (χ0) is 0. The number of hydrogen-bond acceptors (Lipinski definition) is 0. The van der Waals surface area contributed by atoms with Gasteiger partial charge in [-0.3, -0.25) is 0 Å². The van der Waals surface area contributed by atoms with Gasteiger partial charge < -0.3 is 0 Å². The molecular weight excluding hydrogens is 204 g/mol. The molecule has 4 heavy (non-hydrogen) atoms. The molecule has 0 bridgehead atoms. The van der Waals surface area contributed by atoms with Crippen LogP contribution in [0.15, 0.2) is 0 Å². The van der Waals surface area contributed by atoms with E-state index < -0.39 is 0 Å². The minimum absolute atomic E-state index is 0. The summed E-state index contributed by atoms with van der Waals surface area (Å²) < 4.78 is 0. The predicted octanol–water partition coefficient (Wildman–Crippen LogP) is -0.0100. The Kier molecular flexibility index (Phi) is 152. The molecule has 0 heterocycles. The molecule has 4 heteroatoms. The standard InChI is InChI=1S/4V. The Hall–Kier alpha value is 2.34. The molecule has 4 radical (unpaired) electrons. The minimum atomic E-state index is 0.